The zero-order chi connectivity index (χ0) is 20.1. The average Bonchev–Trinajstić information content (AvgIpc) is 3.42. The lowest BCUT2D eigenvalue weighted by molar-refractivity contribution is -0.132. The first kappa shape index (κ1) is 19.3. The Balaban J connectivity index is 1.25. The van der Waals surface area contributed by atoms with Crippen molar-refractivity contribution < 1.29 is 14.0 Å². The molecule has 0 atom stereocenters. The van der Waals surface area contributed by atoms with Crippen LogP contribution in [0.2, 0.25) is 0 Å². The Morgan fingerprint density at radius 1 is 1.17 bits per heavy atom. The van der Waals surface area contributed by atoms with E-state index in [4.69, 9.17) is 4.42 Å². The van der Waals surface area contributed by atoms with Crippen LogP contribution in [0.1, 0.15) is 21.8 Å². The lowest BCUT2D eigenvalue weighted by Gasteiger charge is -2.34. The normalized spacial score (nSPS) is 14.7. The number of carbonyl (C=O) groups is 2. The fraction of sp³-hybridized carbons (Fsp3) is 0.300. The van der Waals surface area contributed by atoms with E-state index >= 15 is 0 Å². The lowest BCUT2D eigenvalue weighted by Crippen LogP contribution is -2.48. The fourth-order valence-electron chi connectivity index (χ4n) is 3.18. The molecule has 4 rings (SSSR count). The van der Waals surface area contributed by atoms with Gasteiger partial charge in [0.1, 0.15) is 0 Å². The van der Waals surface area contributed by atoms with Gasteiger partial charge < -0.3 is 9.32 Å². The van der Waals surface area contributed by atoms with Crippen molar-refractivity contribution in [1.82, 2.24) is 19.8 Å². The van der Waals surface area contributed by atoms with Crippen LogP contribution in [0.25, 0.3) is 0 Å². The number of anilines is 1. The van der Waals surface area contributed by atoms with Gasteiger partial charge in [-0.2, -0.15) is 0 Å². The van der Waals surface area contributed by atoms with Crippen molar-refractivity contribution in [1.29, 1.82) is 0 Å². The molecular formula is C20H21N5O3S. The lowest BCUT2D eigenvalue weighted by atomic mass is 10.2. The molecule has 1 N–H and O–H groups in total. The summed E-state index contributed by atoms with van der Waals surface area (Å²) < 4.78 is 5.06. The number of furan rings is 1. The van der Waals surface area contributed by atoms with E-state index in [9.17, 15) is 9.59 Å². The van der Waals surface area contributed by atoms with E-state index in [1.54, 1.807) is 23.7 Å². The Bertz CT molecular complexity index is 950. The van der Waals surface area contributed by atoms with Gasteiger partial charge in [0.2, 0.25) is 5.91 Å². The molecule has 1 saturated heterocycles. The maximum Gasteiger partial charge on any atom is 0.293 e. The van der Waals surface area contributed by atoms with E-state index in [-0.39, 0.29) is 24.0 Å². The van der Waals surface area contributed by atoms with E-state index in [0.29, 0.717) is 23.9 Å². The van der Waals surface area contributed by atoms with Crippen molar-refractivity contribution >= 4 is 28.3 Å². The van der Waals surface area contributed by atoms with Crippen LogP contribution in [0.5, 0.6) is 0 Å². The Morgan fingerprint density at radius 3 is 2.76 bits per heavy atom. The van der Waals surface area contributed by atoms with Gasteiger partial charge in [-0.05, 0) is 23.8 Å². The molecule has 8 nitrogen and oxygen atoms in total. The first-order valence-corrected chi connectivity index (χ1v) is 10.2. The zero-order valence-corrected chi connectivity index (χ0v) is 16.6. The highest BCUT2D eigenvalue weighted by atomic mass is 32.1. The van der Waals surface area contributed by atoms with E-state index in [0.717, 1.165) is 19.6 Å². The number of nitrogens with zero attached hydrogens (tertiary/aromatic N) is 4. The minimum absolute atomic E-state index is 0.0558. The molecule has 0 aromatic carbocycles. The summed E-state index contributed by atoms with van der Waals surface area (Å²) in [6.07, 6.45) is 5.32. The number of aromatic nitrogens is 2. The molecule has 0 bridgehead atoms. The van der Waals surface area contributed by atoms with E-state index in [1.807, 2.05) is 17.2 Å². The summed E-state index contributed by atoms with van der Waals surface area (Å²) in [5.74, 6) is -0.0748. The standard InChI is InChI=1S/C20H21N5O3S/c26-18(25-8-6-24(7-9-25)13-15-3-1-5-21-12-15)11-16-14-29-20(22-16)23-19(27)17-4-2-10-28-17/h1-5,10,12,14H,6-9,11,13H2,(H,22,23,27). The number of piperazine rings is 1. The molecule has 0 saturated carbocycles. The summed E-state index contributed by atoms with van der Waals surface area (Å²) in [7, 11) is 0. The number of rotatable bonds is 6. The Labute approximate surface area is 172 Å². The number of amides is 2. The number of thiazole rings is 1. The van der Waals surface area contributed by atoms with Gasteiger partial charge in [0.05, 0.1) is 18.4 Å². The first-order chi connectivity index (χ1) is 14.2. The van der Waals surface area contributed by atoms with Crippen LogP contribution in [0.3, 0.4) is 0 Å². The molecule has 4 heterocycles. The SMILES string of the molecule is O=C(Nc1nc(CC(=O)N2CCN(Cc3cccnc3)CC2)cs1)c1ccco1. The maximum absolute atomic E-state index is 12.6. The summed E-state index contributed by atoms with van der Waals surface area (Å²) in [6.45, 7) is 3.92. The molecule has 3 aromatic rings. The van der Waals surface area contributed by atoms with Crippen molar-refractivity contribution in [2.45, 2.75) is 13.0 Å². The maximum atomic E-state index is 12.6. The predicted molar refractivity (Wildman–Crippen MR) is 109 cm³/mol. The summed E-state index contributed by atoms with van der Waals surface area (Å²) in [6, 6.07) is 7.24. The molecule has 0 aliphatic carbocycles. The van der Waals surface area contributed by atoms with Gasteiger partial charge in [0.15, 0.2) is 10.9 Å². The molecule has 1 aliphatic rings. The van der Waals surface area contributed by atoms with Gasteiger partial charge in [-0.3, -0.25) is 24.8 Å². The number of carbonyl (C=O) groups excluding carboxylic acids is 2. The summed E-state index contributed by atoms with van der Waals surface area (Å²) in [4.78, 5) is 37.3. The molecular weight excluding hydrogens is 390 g/mol. The van der Waals surface area contributed by atoms with Gasteiger partial charge >= 0.3 is 0 Å². The van der Waals surface area contributed by atoms with Gasteiger partial charge in [-0.15, -0.1) is 11.3 Å². The second kappa shape index (κ2) is 8.97. The largest absolute Gasteiger partial charge is 0.459 e. The molecule has 2 amide bonds. The van der Waals surface area contributed by atoms with Crippen LogP contribution in [0.15, 0.2) is 52.7 Å². The van der Waals surface area contributed by atoms with Crippen molar-refractivity contribution in [2.75, 3.05) is 31.5 Å². The van der Waals surface area contributed by atoms with Crippen LogP contribution in [0, 0.1) is 0 Å². The van der Waals surface area contributed by atoms with Gasteiger partial charge in [-0.1, -0.05) is 6.07 Å². The van der Waals surface area contributed by atoms with Crippen molar-refractivity contribution in [3.8, 4) is 0 Å². The number of pyridine rings is 1. The summed E-state index contributed by atoms with van der Waals surface area (Å²) in [5, 5.41) is 4.94. The zero-order valence-electron chi connectivity index (χ0n) is 15.8. The highest BCUT2D eigenvalue weighted by Crippen LogP contribution is 2.18. The van der Waals surface area contributed by atoms with E-state index < -0.39 is 0 Å². The Kier molecular flexibility index (Phi) is 5.97. The molecule has 9 heteroatoms. The minimum Gasteiger partial charge on any atom is -0.459 e. The first-order valence-electron chi connectivity index (χ1n) is 9.35. The Morgan fingerprint density at radius 2 is 2.03 bits per heavy atom. The van der Waals surface area contributed by atoms with Crippen LogP contribution < -0.4 is 5.32 Å². The molecule has 1 fully saturated rings. The third-order valence-corrected chi connectivity index (χ3v) is 5.51. The molecule has 1 aliphatic heterocycles. The van der Waals surface area contributed by atoms with Crippen molar-refractivity contribution in [3.63, 3.8) is 0 Å². The van der Waals surface area contributed by atoms with Gasteiger partial charge in [-0.25, -0.2) is 4.98 Å². The highest BCUT2D eigenvalue weighted by molar-refractivity contribution is 7.14. The number of nitrogens with one attached hydrogen (secondary N) is 1. The topological polar surface area (TPSA) is 91.6 Å². The van der Waals surface area contributed by atoms with Crippen LogP contribution >= 0.6 is 11.3 Å². The van der Waals surface area contributed by atoms with E-state index in [1.165, 1.54) is 23.2 Å². The molecule has 0 spiro atoms. The van der Waals surface area contributed by atoms with E-state index in [2.05, 4.69) is 26.3 Å². The smallest absolute Gasteiger partial charge is 0.293 e. The second-order valence-corrected chi connectivity index (χ2v) is 7.63. The molecule has 0 radical (unpaired) electrons. The summed E-state index contributed by atoms with van der Waals surface area (Å²) in [5.41, 5.74) is 1.84. The van der Waals surface area contributed by atoms with Gasteiger partial charge in [0.25, 0.3) is 5.91 Å². The molecule has 0 unspecified atom stereocenters. The molecule has 3 aromatic heterocycles. The number of hydrogen-bond acceptors (Lipinski definition) is 7. The summed E-state index contributed by atoms with van der Waals surface area (Å²) >= 11 is 1.30. The van der Waals surface area contributed by atoms with Gasteiger partial charge in [0, 0.05) is 50.5 Å². The quantitative estimate of drug-likeness (QED) is 0.669. The molecule has 29 heavy (non-hydrogen) atoms. The second-order valence-electron chi connectivity index (χ2n) is 6.77. The van der Waals surface area contributed by atoms with Crippen LogP contribution in [-0.2, 0) is 17.8 Å². The predicted octanol–water partition coefficient (Wildman–Crippen LogP) is 2.27. The van der Waals surface area contributed by atoms with Crippen LogP contribution in [-0.4, -0.2) is 57.8 Å². The Hall–Kier alpha value is -3.04. The third-order valence-electron chi connectivity index (χ3n) is 4.70. The minimum atomic E-state index is -0.355. The van der Waals surface area contributed by atoms with Crippen molar-refractivity contribution in [2.24, 2.45) is 0 Å². The molecule has 150 valence electrons. The third kappa shape index (κ3) is 5.07. The van der Waals surface area contributed by atoms with Crippen molar-refractivity contribution in [3.05, 3.63) is 65.3 Å². The average molecular weight is 411 g/mol. The number of hydrogen-bond donors (Lipinski definition) is 1. The van der Waals surface area contributed by atoms with Crippen LogP contribution in [0.4, 0.5) is 5.13 Å². The highest BCUT2D eigenvalue weighted by Gasteiger charge is 2.22. The fourth-order valence-corrected chi connectivity index (χ4v) is 3.89. The monoisotopic (exact) mass is 411 g/mol.